The van der Waals surface area contributed by atoms with Gasteiger partial charge in [0.1, 0.15) is 13.0 Å². The molecule has 0 aliphatic rings. The van der Waals surface area contributed by atoms with Gasteiger partial charge in [-0.1, -0.05) is 30.3 Å². The number of hydrogen-bond donors (Lipinski definition) is 1. The number of carbonyl (C=O) groups excluding carboxylic acids is 2. The first-order valence-electron chi connectivity index (χ1n) is 5.24. The molecule has 1 unspecified atom stereocenters. The molecule has 1 rings (SSSR count). The summed E-state index contributed by atoms with van der Waals surface area (Å²) in [4.78, 5) is 22.4. The van der Waals surface area contributed by atoms with E-state index in [9.17, 15) is 9.59 Å². The van der Waals surface area contributed by atoms with E-state index in [4.69, 9.17) is 4.74 Å². The van der Waals surface area contributed by atoms with Gasteiger partial charge < -0.3 is 15.2 Å². The average molecular weight is 238 g/mol. The lowest BCUT2D eigenvalue weighted by Crippen LogP contribution is -2.65. The van der Waals surface area contributed by atoms with E-state index in [1.165, 1.54) is 7.11 Å². The maximum Gasteiger partial charge on any atom is 0.365 e. The van der Waals surface area contributed by atoms with Crippen molar-refractivity contribution in [1.29, 1.82) is 0 Å². The fourth-order valence-electron chi connectivity index (χ4n) is 1.25. The number of rotatable bonds is 5. The lowest BCUT2D eigenvalue weighted by atomic mass is 10.2. The van der Waals surface area contributed by atoms with E-state index >= 15 is 0 Å². The smallest absolute Gasteiger partial charge is 0.365 e. The number of carbonyl (C=O) groups is 2. The number of esters is 2. The molecule has 0 radical (unpaired) electrons. The second kappa shape index (κ2) is 6.65. The summed E-state index contributed by atoms with van der Waals surface area (Å²) in [6.45, 7) is 0.202. The molecule has 0 spiro atoms. The van der Waals surface area contributed by atoms with E-state index in [-0.39, 0.29) is 13.0 Å². The Labute approximate surface area is 99.5 Å². The van der Waals surface area contributed by atoms with Crippen LogP contribution >= 0.6 is 0 Å². The van der Waals surface area contributed by atoms with Crippen molar-refractivity contribution in [2.24, 2.45) is 0 Å². The van der Waals surface area contributed by atoms with Crippen LogP contribution in [-0.4, -0.2) is 25.1 Å². The number of benzene rings is 1. The lowest BCUT2D eigenvalue weighted by Gasteiger charge is -2.07. The third kappa shape index (κ3) is 4.65. The van der Waals surface area contributed by atoms with Gasteiger partial charge in [-0.3, -0.25) is 4.79 Å². The molecule has 0 aromatic heterocycles. The molecule has 0 fully saturated rings. The SMILES string of the molecule is COC(=O)C([NH3+])CC(=O)OCc1ccccc1. The number of quaternary nitrogens is 1. The van der Waals surface area contributed by atoms with Crippen molar-refractivity contribution in [3.05, 3.63) is 35.9 Å². The van der Waals surface area contributed by atoms with Gasteiger partial charge in [0.05, 0.1) is 7.11 Å². The highest BCUT2D eigenvalue weighted by Gasteiger charge is 2.22. The number of ether oxygens (including phenoxy) is 2. The summed E-state index contributed by atoms with van der Waals surface area (Å²) >= 11 is 0. The van der Waals surface area contributed by atoms with E-state index in [1.807, 2.05) is 30.3 Å². The molecule has 0 saturated heterocycles. The molecule has 17 heavy (non-hydrogen) atoms. The summed E-state index contributed by atoms with van der Waals surface area (Å²) in [5, 5.41) is 0. The maximum absolute atomic E-state index is 11.4. The molecule has 1 aromatic rings. The Morgan fingerprint density at radius 3 is 2.53 bits per heavy atom. The molecule has 5 nitrogen and oxygen atoms in total. The van der Waals surface area contributed by atoms with Gasteiger partial charge in [-0.05, 0) is 5.56 Å². The first-order chi connectivity index (χ1) is 8.13. The van der Waals surface area contributed by atoms with E-state index < -0.39 is 18.0 Å². The molecule has 1 aromatic carbocycles. The van der Waals surface area contributed by atoms with Crippen molar-refractivity contribution in [2.75, 3.05) is 7.11 Å². The molecule has 5 heteroatoms. The summed E-state index contributed by atoms with van der Waals surface area (Å²) < 4.78 is 9.47. The Morgan fingerprint density at radius 2 is 1.94 bits per heavy atom. The predicted molar refractivity (Wildman–Crippen MR) is 59.5 cm³/mol. The van der Waals surface area contributed by atoms with Crippen molar-refractivity contribution in [2.45, 2.75) is 19.1 Å². The summed E-state index contributed by atoms with van der Waals surface area (Å²) in [7, 11) is 1.26. The third-order valence-corrected chi connectivity index (χ3v) is 2.19. The highest BCUT2D eigenvalue weighted by atomic mass is 16.5. The molecule has 0 aliphatic heterocycles. The molecule has 0 heterocycles. The zero-order valence-electron chi connectivity index (χ0n) is 9.72. The van der Waals surface area contributed by atoms with Gasteiger partial charge in [0.15, 0.2) is 6.04 Å². The average Bonchev–Trinajstić information content (AvgIpc) is 2.36. The van der Waals surface area contributed by atoms with Crippen molar-refractivity contribution in [3.63, 3.8) is 0 Å². The minimum atomic E-state index is -0.719. The van der Waals surface area contributed by atoms with Gasteiger partial charge >= 0.3 is 11.9 Å². The third-order valence-electron chi connectivity index (χ3n) is 2.19. The fourth-order valence-corrected chi connectivity index (χ4v) is 1.25. The van der Waals surface area contributed by atoms with Crippen molar-refractivity contribution in [1.82, 2.24) is 0 Å². The van der Waals surface area contributed by atoms with Crippen LogP contribution in [0, 0.1) is 0 Å². The number of hydrogen-bond acceptors (Lipinski definition) is 4. The van der Waals surface area contributed by atoms with E-state index in [2.05, 4.69) is 10.5 Å². The van der Waals surface area contributed by atoms with Gasteiger partial charge in [-0.15, -0.1) is 0 Å². The van der Waals surface area contributed by atoms with Crippen LogP contribution in [-0.2, 0) is 25.7 Å². The van der Waals surface area contributed by atoms with Gasteiger partial charge in [-0.25, -0.2) is 4.79 Å². The molecule has 92 valence electrons. The second-order valence-corrected chi connectivity index (χ2v) is 3.57. The molecule has 0 aliphatic carbocycles. The van der Waals surface area contributed by atoms with Crippen molar-refractivity contribution in [3.8, 4) is 0 Å². The van der Waals surface area contributed by atoms with Gasteiger partial charge in [-0.2, -0.15) is 0 Å². The highest BCUT2D eigenvalue weighted by molar-refractivity contribution is 5.81. The number of methoxy groups -OCH3 is 1. The topological polar surface area (TPSA) is 80.2 Å². The minimum absolute atomic E-state index is 0.0699. The monoisotopic (exact) mass is 238 g/mol. The zero-order valence-corrected chi connectivity index (χ0v) is 9.72. The first kappa shape index (κ1) is 13.2. The largest absolute Gasteiger partial charge is 0.465 e. The van der Waals surface area contributed by atoms with Gasteiger partial charge in [0.25, 0.3) is 0 Å². The summed E-state index contributed by atoms with van der Waals surface area (Å²) in [6, 6.07) is 8.60. The van der Waals surface area contributed by atoms with Gasteiger partial charge in [0, 0.05) is 0 Å². The molecule has 0 amide bonds. The Hall–Kier alpha value is -1.88. The van der Waals surface area contributed by atoms with Crippen LogP contribution in [0.5, 0.6) is 0 Å². The van der Waals surface area contributed by atoms with E-state index in [0.29, 0.717) is 0 Å². The van der Waals surface area contributed by atoms with Crippen molar-refractivity contribution >= 4 is 11.9 Å². The molecule has 1 atom stereocenters. The highest BCUT2D eigenvalue weighted by Crippen LogP contribution is 2.02. The molecular weight excluding hydrogens is 222 g/mol. The van der Waals surface area contributed by atoms with E-state index in [0.717, 1.165) is 5.56 Å². The first-order valence-corrected chi connectivity index (χ1v) is 5.24. The maximum atomic E-state index is 11.4. The summed E-state index contributed by atoms with van der Waals surface area (Å²) in [5.41, 5.74) is 4.43. The van der Waals surface area contributed by atoms with Crippen molar-refractivity contribution < 1.29 is 24.8 Å². The lowest BCUT2D eigenvalue weighted by molar-refractivity contribution is -0.407. The van der Waals surface area contributed by atoms with E-state index in [1.54, 1.807) is 0 Å². The molecular formula is C12H16NO4+. The quantitative estimate of drug-likeness (QED) is 0.727. The molecule has 0 bridgehead atoms. The summed E-state index contributed by atoms with van der Waals surface area (Å²) in [6.07, 6.45) is -0.0699. The Morgan fingerprint density at radius 1 is 1.29 bits per heavy atom. The zero-order chi connectivity index (χ0) is 12.7. The van der Waals surface area contributed by atoms with Crippen LogP contribution in [0.15, 0.2) is 30.3 Å². The van der Waals surface area contributed by atoms with Crippen LogP contribution in [0.2, 0.25) is 0 Å². The van der Waals surface area contributed by atoms with Crippen LogP contribution in [0.1, 0.15) is 12.0 Å². The fraction of sp³-hybridized carbons (Fsp3) is 0.333. The van der Waals surface area contributed by atoms with Crippen LogP contribution < -0.4 is 5.73 Å². The Kier molecular flexibility index (Phi) is 5.16. The normalized spacial score (nSPS) is 11.6. The second-order valence-electron chi connectivity index (χ2n) is 3.57. The van der Waals surface area contributed by atoms with Crippen LogP contribution in [0.3, 0.4) is 0 Å². The molecule has 3 N–H and O–H groups in total. The van der Waals surface area contributed by atoms with Crippen LogP contribution in [0.4, 0.5) is 0 Å². The van der Waals surface area contributed by atoms with Gasteiger partial charge in [0.2, 0.25) is 0 Å². The minimum Gasteiger partial charge on any atom is -0.465 e. The Bertz CT molecular complexity index is 377. The predicted octanol–water partition coefficient (Wildman–Crippen LogP) is -0.0966. The Balaban J connectivity index is 2.33. The van der Waals surface area contributed by atoms with Crippen LogP contribution in [0.25, 0.3) is 0 Å². The molecule has 0 saturated carbocycles. The standard InChI is InChI=1S/C12H15NO4/c1-16-12(15)10(13)7-11(14)17-8-9-5-3-2-4-6-9/h2-6,10H,7-8,13H2,1H3/p+1. The summed E-state index contributed by atoms with van der Waals surface area (Å²) in [5.74, 6) is -0.971.